The van der Waals surface area contributed by atoms with Gasteiger partial charge in [0.2, 0.25) is 0 Å². The molecule has 2 rings (SSSR count). The number of nitrogens with one attached hydrogen (secondary N) is 1. The molecule has 78 valence electrons. The van der Waals surface area contributed by atoms with Crippen LogP contribution in [-0.4, -0.2) is 27.5 Å². The van der Waals surface area contributed by atoms with Crippen molar-refractivity contribution in [3.63, 3.8) is 0 Å². The van der Waals surface area contributed by atoms with Crippen molar-refractivity contribution < 1.29 is 4.74 Å². The lowest BCUT2D eigenvalue weighted by Crippen LogP contribution is -2.19. The second kappa shape index (κ2) is 4.23. The van der Waals surface area contributed by atoms with Crippen molar-refractivity contribution in [1.29, 1.82) is 0 Å². The second-order valence-electron chi connectivity index (χ2n) is 3.68. The molecule has 0 spiro atoms. The van der Waals surface area contributed by atoms with Gasteiger partial charge in [0.1, 0.15) is 6.33 Å². The molecular formula is C9H15N3OS. The largest absolute Gasteiger partial charge is 0.378 e. The molecule has 1 fully saturated rings. The molecule has 0 amide bonds. The van der Waals surface area contributed by atoms with Crippen molar-refractivity contribution in [3.8, 4) is 0 Å². The predicted octanol–water partition coefficient (Wildman–Crippen LogP) is 1.76. The summed E-state index contributed by atoms with van der Waals surface area (Å²) in [5.41, 5.74) is 0. The normalized spacial score (nSPS) is 26.9. The van der Waals surface area contributed by atoms with Crippen LogP contribution in [0.3, 0.4) is 0 Å². The van der Waals surface area contributed by atoms with Crippen molar-refractivity contribution in [3.05, 3.63) is 11.1 Å². The summed E-state index contributed by atoms with van der Waals surface area (Å²) >= 11 is 5.10. The van der Waals surface area contributed by atoms with Gasteiger partial charge in [-0.25, -0.2) is 0 Å². The van der Waals surface area contributed by atoms with E-state index in [-0.39, 0.29) is 0 Å². The van der Waals surface area contributed by atoms with Crippen LogP contribution in [0.15, 0.2) is 6.33 Å². The van der Waals surface area contributed by atoms with Gasteiger partial charge >= 0.3 is 0 Å². The lowest BCUT2D eigenvalue weighted by atomic mass is 10.00. The number of H-pyrrole nitrogens is 1. The van der Waals surface area contributed by atoms with Gasteiger partial charge in [0.15, 0.2) is 4.77 Å². The Morgan fingerprint density at radius 3 is 3.29 bits per heavy atom. The van der Waals surface area contributed by atoms with Gasteiger partial charge in [-0.1, -0.05) is 6.92 Å². The van der Waals surface area contributed by atoms with Gasteiger partial charge in [-0.3, -0.25) is 5.10 Å². The number of ether oxygens (including phenoxy) is 1. The summed E-state index contributed by atoms with van der Waals surface area (Å²) in [4.78, 5) is 0. The van der Waals surface area contributed by atoms with E-state index in [9.17, 15) is 0 Å². The maximum Gasteiger partial charge on any atom is 0.194 e. The number of nitrogens with zero attached hydrogens (tertiary/aromatic N) is 2. The van der Waals surface area contributed by atoms with E-state index in [4.69, 9.17) is 17.0 Å². The predicted molar refractivity (Wildman–Crippen MR) is 55.5 cm³/mol. The minimum atomic E-state index is 0.395. The first-order valence-corrected chi connectivity index (χ1v) is 5.43. The lowest BCUT2D eigenvalue weighted by molar-refractivity contribution is 0.0834. The Labute approximate surface area is 88.3 Å². The number of hydrogen-bond acceptors (Lipinski definition) is 3. The van der Waals surface area contributed by atoms with Crippen molar-refractivity contribution in [2.45, 2.75) is 32.4 Å². The van der Waals surface area contributed by atoms with Crippen molar-refractivity contribution in [2.75, 3.05) is 6.61 Å². The van der Waals surface area contributed by atoms with Gasteiger partial charge in [0, 0.05) is 19.1 Å². The summed E-state index contributed by atoms with van der Waals surface area (Å²) in [6, 6.07) is 0. The summed E-state index contributed by atoms with van der Waals surface area (Å²) in [5.74, 6) is 0.587. The van der Waals surface area contributed by atoms with Crippen LogP contribution in [0.25, 0.3) is 0 Å². The van der Waals surface area contributed by atoms with E-state index in [0.29, 0.717) is 16.8 Å². The zero-order chi connectivity index (χ0) is 9.97. The molecule has 4 nitrogen and oxygen atoms in total. The molecule has 1 aliphatic rings. The fraction of sp³-hybridized carbons (Fsp3) is 0.778. The van der Waals surface area contributed by atoms with Gasteiger partial charge in [-0.15, -0.1) is 0 Å². The van der Waals surface area contributed by atoms with E-state index in [1.54, 1.807) is 6.33 Å². The second-order valence-corrected chi connectivity index (χ2v) is 4.07. The van der Waals surface area contributed by atoms with Gasteiger partial charge in [-0.2, -0.15) is 5.10 Å². The monoisotopic (exact) mass is 213 g/mol. The average molecular weight is 213 g/mol. The smallest absolute Gasteiger partial charge is 0.194 e. The van der Waals surface area contributed by atoms with Crippen LogP contribution in [-0.2, 0) is 11.3 Å². The Morgan fingerprint density at radius 2 is 2.64 bits per heavy atom. The van der Waals surface area contributed by atoms with Crippen LogP contribution in [0.4, 0.5) is 0 Å². The Balaban J connectivity index is 2.04. The highest BCUT2D eigenvalue weighted by Crippen LogP contribution is 2.24. The van der Waals surface area contributed by atoms with Crippen LogP contribution < -0.4 is 0 Å². The molecule has 2 atom stereocenters. The van der Waals surface area contributed by atoms with Crippen molar-refractivity contribution >= 4 is 12.2 Å². The summed E-state index contributed by atoms with van der Waals surface area (Å²) < 4.78 is 8.31. The number of aromatic amines is 1. The van der Waals surface area contributed by atoms with Gasteiger partial charge < -0.3 is 9.30 Å². The molecule has 0 aromatic carbocycles. The molecule has 0 aliphatic carbocycles. The highest BCUT2D eigenvalue weighted by Gasteiger charge is 2.26. The molecule has 1 N–H and O–H groups in total. The van der Waals surface area contributed by atoms with E-state index in [2.05, 4.69) is 17.1 Å². The molecule has 2 heterocycles. The highest BCUT2D eigenvalue weighted by atomic mass is 32.1. The molecule has 0 saturated carbocycles. The molecular weight excluding hydrogens is 198 g/mol. The maximum atomic E-state index is 5.63. The first-order chi connectivity index (χ1) is 6.81. The van der Waals surface area contributed by atoms with Crippen LogP contribution in [0.2, 0.25) is 0 Å². The molecule has 14 heavy (non-hydrogen) atoms. The summed E-state index contributed by atoms with van der Waals surface area (Å²) in [6.07, 6.45) is 4.36. The van der Waals surface area contributed by atoms with Crippen LogP contribution >= 0.6 is 12.2 Å². The Hall–Kier alpha value is -0.680. The molecule has 0 bridgehead atoms. The number of aromatic nitrogens is 3. The average Bonchev–Trinajstić information content (AvgIpc) is 2.77. The quantitative estimate of drug-likeness (QED) is 0.778. The summed E-state index contributed by atoms with van der Waals surface area (Å²) in [5, 5.41) is 6.67. The molecule has 1 aromatic heterocycles. The Kier molecular flexibility index (Phi) is 2.98. The van der Waals surface area contributed by atoms with E-state index >= 15 is 0 Å². The number of rotatable bonds is 3. The lowest BCUT2D eigenvalue weighted by Gasteiger charge is -2.16. The molecule has 1 saturated heterocycles. The SMILES string of the molecule is CCC1OCCC1Cn1cn[nH]c1=S. The zero-order valence-electron chi connectivity index (χ0n) is 8.27. The van der Waals surface area contributed by atoms with E-state index in [0.717, 1.165) is 26.0 Å². The van der Waals surface area contributed by atoms with E-state index in [1.807, 2.05) is 4.57 Å². The minimum absolute atomic E-state index is 0.395. The maximum absolute atomic E-state index is 5.63. The van der Waals surface area contributed by atoms with E-state index in [1.165, 1.54) is 0 Å². The highest BCUT2D eigenvalue weighted by molar-refractivity contribution is 7.71. The van der Waals surface area contributed by atoms with Crippen LogP contribution in [0, 0.1) is 10.7 Å². The van der Waals surface area contributed by atoms with E-state index < -0.39 is 0 Å². The first kappa shape index (κ1) is 9.86. The molecule has 1 aromatic rings. The third-order valence-corrected chi connectivity index (χ3v) is 3.12. The third kappa shape index (κ3) is 1.88. The van der Waals surface area contributed by atoms with Crippen molar-refractivity contribution in [1.82, 2.24) is 14.8 Å². The number of hydrogen-bond donors (Lipinski definition) is 1. The van der Waals surface area contributed by atoms with Gasteiger partial charge in [0.05, 0.1) is 6.10 Å². The van der Waals surface area contributed by atoms with Crippen LogP contribution in [0.5, 0.6) is 0 Å². The first-order valence-electron chi connectivity index (χ1n) is 5.02. The third-order valence-electron chi connectivity index (χ3n) is 2.80. The molecule has 5 heteroatoms. The molecule has 2 unspecified atom stereocenters. The summed E-state index contributed by atoms with van der Waals surface area (Å²) in [7, 11) is 0. The fourth-order valence-corrected chi connectivity index (χ4v) is 2.18. The standard InChI is InChI=1S/C9H15N3OS/c1-2-8-7(3-4-13-8)5-12-6-10-11-9(12)14/h6-8H,2-5H2,1H3,(H,11,14). The van der Waals surface area contributed by atoms with Gasteiger partial charge in [0.25, 0.3) is 0 Å². The van der Waals surface area contributed by atoms with Crippen molar-refractivity contribution in [2.24, 2.45) is 5.92 Å². The van der Waals surface area contributed by atoms with Gasteiger partial charge in [-0.05, 0) is 25.1 Å². The fourth-order valence-electron chi connectivity index (χ4n) is 2.01. The summed E-state index contributed by atoms with van der Waals surface area (Å²) in [6.45, 7) is 3.97. The molecule has 1 aliphatic heterocycles. The van der Waals surface area contributed by atoms with Crippen LogP contribution in [0.1, 0.15) is 19.8 Å². The zero-order valence-corrected chi connectivity index (χ0v) is 9.09. The minimum Gasteiger partial charge on any atom is -0.378 e. The molecule has 0 radical (unpaired) electrons. The topological polar surface area (TPSA) is 42.8 Å². The Morgan fingerprint density at radius 1 is 1.79 bits per heavy atom. The Bertz CT molecular complexity index is 346.